The van der Waals surface area contributed by atoms with E-state index < -0.39 is 9.84 Å². The summed E-state index contributed by atoms with van der Waals surface area (Å²) in [5.74, 6) is 0.203. The van der Waals surface area contributed by atoms with Crippen LogP contribution in [0.2, 0.25) is 5.02 Å². The summed E-state index contributed by atoms with van der Waals surface area (Å²) in [6, 6.07) is 7.42. The highest BCUT2D eigenvalue weighted by atomic mass is 35.5. The molecule has 138 valence electrons. The first-order valence-corrected chi connectivity index (χ1v) is 10.9. The number of hydrogen-bond donors (Lipinski definition) is 2. The highest BCUT2D eigenvalue weighted by Crippen LogP contribution is 2.19. The number of benzene rings is 1. The van der Waals surface area contributed by atoms with Crippen molar-refractivity contribution in [2.24, 2.45) is 0 Å². The Bertz CT molecular complexity index is 732. The molecule has 0 saturated carbocycles. The van der Waals surface area contributed by atoms with Gasteiger partial charge in [0, 0.05) is 16.8 Å². The molecule has 2 heterocycles. The van der Waals surface area contributed by atoms with Crippen molar-refractivity contribution in [1.82, 2.24) is 5.32 Å². The van der Waals surface area contributed by atoms with Crippen molar-refractivity contribution in [3.8, 4) is 0 Å². The molecule has 2 fully saturated rings. The summed E-state index contributed by atoms with van der Waals surface area (Å²) in [7, 11) is -2.97. The van der Waals surface area contributed by atoms with E-state index in [2.05, 4.69) is 10.2 Å². The summed E-state index contributed by atoms with van der Waals surface area (Å²) in [6.45, 7) is 5.38. The maximum atomic E-state index is 12.4. The van der Waals surface area contributed by atoms with Crippen LogP contribution < -0.4 is 15.1 Å². The number of quaternary nitrogens is 1. The van der Waals surface area contributed by atoms with Crippen molar-refractivity contribution in [1.29, 1.82) is 0 Å². The van der Waals surface area contributed by atoms with Crippen molar-refractivity contribution in [3.05, 3.63) is 29.3 Å². The van der Waals surface area contributed by atoms with Crippen LogP contribution in [-0.4, -0.2) is 64.1 Å². The lowest BCUT2D eigenvalue weighted by Crippen LogP contribution is -3.19. The Labute approximate surface area is 154 Å². The number of nitrogens with zero attached hydrogens (tertiary/aromatic N) is 1. The van der Waals surface area contributed by atoms with Crippen molar-refractivity contribution < 1.29 is 18.1 Å². The zero-order chi connectivity index (χ0) is 18.0. The second-order valence-electron chi connectivity index (χ2n) is 6.96. The minimum Gasteiger partial charge on any atom is -0.360 e. The normalized spacial score (nSPS) is 24.9. The summed E-state index contributed by atoms with van der Waals surface area (Å²) >= 11 is 6.06. The molecule has 2 atom stereocenters. The van der Waals surface area contributed by atoms with Gasteiger partial charge in [0.1, 0.15) is 0 Å². The molecule has 0 unspecified atom stereocenters. The monoisotopic (exact) mass is 386 g/mol. The Morgan fingerprint density at radius 1 is 1.36 bits per heavy atom. The summed E-state index contributed by atoms with van der Waals surface area (Å²) in [5.41, 5.74) is 1.11. The molecule has 0 aromatic heterocycles. The Morgan fingerprint density at radius 2 is 2.08 bits per heavy atom. The van der Waals surface area contributed by atoms with Crippen molar-refractivity contribution in [2.75, 3.05) is 42.6 Å². The first-order valence-electron chi connectivity index (χ1n) is 8.70. The predicted molar refractivity (Wildman–Crippen MR) is 99.0 cm³/mol. The third-order valence-electron chi connectivity index (χ3n) is 5.16. The Hall–Kier alpha value is -1.31. The molecule has 8 heteroatoms. The van der Waals surface area contributed by atoms with E-state index in [9.17, 15) is 13.2 Å². The van der Waals surface area contributed by atoms with E-state index in [0.717, 1.165) is 36.9 Å². The van der Waals surface area contributed by atoms with Gasteiger partial charge in [0.15, 0.2) is 15.9 Å². The topological polar surface area (TPSA) is 70.9 Å². The highest BCUT2D eigenvalue weighted by Gasteiger charge is 2.33. The predicted octanol–water partition coefficient (Wildman–Crippen LogP) is -0.263. The molecule has 25 heavy (non-hydrogen) atoms. The molecule has 3 rings (SSSR count). The maximum absolute atomic E-state index is 12.4. The third-order valence-corrected chi connectivity index (χ3v) is 7.17. The molecule has 1 amide bonds. The van der Waals surface area contributed by atoms with Gasteiger partial charge in [0.05, 0.1) is 37.7 Å². The van der Waals surface area contributed by atoms with Gasteiger partial charge in [0.25, 0.3) is 5.91 Å². The van der Waals surface area contributed by atoms with Gasteiger partial charge in [-0.15, -0.1) is 0 Å². The van der Waals surface area contributed by atoms with Crippen LogP contribution in [0.4, 0.5) is 5.69 Å². The number of carbonyl (C=O) groups is 1. The number of sulfone groups is 1. The van der Waals surface area contributed by atoms with Crippen LogP contribution in [0.15, 0.2) is 24.3 Å². The molecule has 0 aliphatic carbocycles. The Kier molecular flexibility index (Phi) is 5.55. The second-order valence-corrected chi connectivity index (χ2v) is 9.62. The minimum atomic E-state index is -2.97. The average molecular weight is 387 g/mol. The minimum absolute atomic E-state index is 0.0479. The number of rotatable bonds is 4. The number of carbonyl (C=O) groups excluding carboxylic acids is 1. The fourth-order valence-electron chi connectivity index (χ4n) is 3.58. The zero-order valence-electron chi connectivity index (χ0n) is 14.4. The first kappa shape index (κ1) is 18.5. The molecular formula is C17H25ClN3O3S+. The zero-order valence-corrected chi connectivity index (χ0v) is 15.9. The van der Waals surface area contributed by atoms with Gasteiger partial charge in [-0.2, -0.15) is 0 Å². The average Bonchev–Trinajstić information content (AvgIpc) is 2.93. The molecule has 6 nitrogen and oxygen atoms in total. The fourth-order valence-corrected chi connectivity index (χ4v) is 5.44. The van der Waals surface area contributed by atoms with Crippen LogP contribution in [0.1, 0.15) is 13.3 Å². The highest BCUT2D eigenvalue weighted by molar-refractivity contribution is 7.91. The van der Waals surface area contributed by atoms with Crippen LogP contribution in [-0.2, 0) is 14.6 Å². The second kappa shape index (κ2) is 7.51. The van der Waals surface area contributed by atoms with E-state index in [1.807, 2.05) is 31.2 Å². The van der Waals surface area contributed by atoms with E-state index in [1.165, 1.54) is 4.90 Å². The fraction of sp³-hybridized carbons (Fsp3) is 0.588. The number of nitrogens with one attached hydrogen (secondary N) is 2. The molecule has 2 saturated heterocycles. The lowest BCUT2D eigenvalue weighted by Gasteiger charge is -2.36. The summed E-state index contributed by atoms with van der Waals surface area (Å²) in [4.78, 5) is 16.0. The van der Waals surface area contributed by atoms with Gasteiger partial charge in [0.2, 0.25) is 0 Å². The van der Waals surface area contributed by atoms with Crippen LogP contribution in [0.25, 0.3) is 0 Å². The largest absolute Gasteiger partial charge is 0.360 e. The van der Waals surface area contributed by atoms with E-state index in [0.29, 0.717) is 6.42 Å². The quantitative estimate of drug-likeness (QED) is 0.747. The van der Waals surface area contributed by atoms with E-state index >= 15 is 0 Å². The van der Waals surface area contributed by atoms with Gasteiger partial charge in [-0.1, -0.05) is 17.7 Å². The maximum Gasteiger partial charge on any atom is 0.278 e. The van der Waals surface area contributed by atoms with Gasteiger partial charge >= 0.3 is 0 Å². The van der Waals surface area contributed by atoms with Crippen molar-refractivity contribution >= 4 is 33.0 Å². The van der Waals surface area contributed by atoms with E-state index in [1.54, 1.807) is 0 Å². The molecule has 0 radical (unpaired) electrons. The number of halogens is 1. The lowest BCUT2D eigenvalue weighted by atomic mass is 10.1. The molecule has 2 aliphatic heterocycles. The standard InChI is InChI=1S/C17H24ClN3O3S/c1-13(17(22)19-15-5-10-25(23,24)12-15)20-6-8-21(9-7-20)16-4-2-3-14(18)11-16/h2-4,11,13,15H,5-10,12H2,1H3,(H,19,22)/p+1/t13-,15+/m1/s1. The summed E-state index contributed by atoms with van der Waals surface area (Å²) < 4.78 is 23.0. The summed E-state index contributed by atoms with van der Waals surface area (Å²) in [5, 5.41) is 3.64. The van der Waals surface area contributed by atoms with Gasteiger partial charge < -0.3 is 15.1 Å². The van der Waals surface area contributed by atoms with Crippen molar-refractivity contribution in [2.45, 2.75) is 25.4 Å². The van der Waals surface area contributed by atoms with E-state index in [-0.39, 0.29) is 29.5 Å². The van der Waals surface area contributed by atoms with Gasteiger partial charge in [-0.25, -0.2) is 8.42 Å². The molecule has 2 aliphatic rings. The molecule has 1 aromatic carbocycles. The number of hydrogen-bond acceptors (Lipinski definition) is 4. The van der Waals surface area contributed by atoms with Crippen LogP contribution in [0.5, 0.6) is 0 Å². The number of anilines is 1. The lowest BCUT2D eigenvalue weighted by molar-refractivity contribution is -0.914. The first-order chi connectivity index (χ1) is 11.8. The van der Waals surface area contributed by atoms with Crippen LogP contribution >= 0.6 is 11.6 Å². The Balaban J connectivity index is 1.51. The molecule has 2 N–H and O–H groups in total. The number of amides is 1. The van der Waals surface area contributed by atoms with Crippen LogP contribution in [0, 0.1) is 0 Å². The molecule has 0 bridgehead atoms. The van der Waals surface area contributed by atoms with Gasteiger partial charge in [-0.3, -0.25) is 4.79 Å². The number of piperazine rings is 1. The van der Waals surface area contributed by atoms with Gasteiger partial charge in [-0.05, 0) is 31.5 Å². The van der Waals surface area contributed by atoms with Crippen molar-refractivity contribution in [3.63, 3.8) is 0 Å². The molecular weight excluding hydrogens is 362 g/mol. The smallest absolute Gasteiger partial charge is 0.278 e. The SMILES string of the molecule is C[C@H](C(=O)N[C@H]1CCS(=O)(=O)C1)[NH+]1CCN(c2cccc(Cl)c2)CC1. The van der Waals surface area contributed by atoms with E-state index in [4.69, 9.17) is 11.6 Å². The molecule has 0 spiro atoms. The van der Waals surface area contributed by atoms with Crippen LogP contribution in [0.3, 0.4) is 0 Å². The Morgan fingerprint density at radius 3 is 2.68 bits per heavy atom. The molecule has 1 aromatic rings. The third kappa shape index (κ3) is 4.65. The summed E-state index contributed by atoms with van der Waals surface area (Å²) in [6.07, 6.45) is 0.526.